The fourth-order valence-electron chi connectivity index (χ4n) is 2.40. The first-order valence-corrected chi connectivity index (χ1v) is 8.39. The molecule has 0 bridgehead atoms. The Morgan fingerprint density at radius 1 is 1.00 bits per heavy atom. The number of carbonyl (C=O) groups excluding carboxylic acids is 1. The number of hydrogen-bond acceptors (Lipinski definition) is 2. The zero-order valence-electron chi connectivity index (χ0n) is 13.3. The predicted octanol–water partition coefficient (Wildman–Crippen LogP) is 5.15. The van der Waals surface area contributed by atoms with E-state index in [9.17, 15) is 4.79 Å². The van der Waals surface area contributed by atoms with Crippen molar-refractivity contribution in [2.75, 3.05) is 18.4 Å². The second kappa shape index (κ2) is 8.23. The van der Waals surface area contributed by atoms with E-state index in [4.69, 9.17) is 23.2 Å². The third kappa shape index (κ3) is 4.40. The molecule has 0 saturated carbocycles. The maximum absolute atomic E-state index is 12.4. The van der Waals surface area contributed by atoms with Crippen LogP contribution in [0, 0.1) is 0 Å². The predicted molar refractivity (Wildman–Crippen MR) is 97.8 cm³/mol. The van der Waals surface area contributed by atoms with Crippen molar-refractivity contribution in [1.29, 1.82) is 0 Å². The normalized spacial score (nSPS) is 10.4. The van der Waals surface area contributed by atoms with Crippen LogP contribution in [0.4, 0.5) is 11.4 Å². The van der Waals surface area contributed by atoms with E-state index in [0.29, 0.717) is 35.2 Å². The second-order valence-corrected chi connectivity index (χ2v) is 5.94. The number of anilines is 2. The van der Waals surface area contributed by atoms with Crippen molar-refractivity contribution >= 4 is 40.5 Å². The van der Waals surface area contributed by atoms with Gasteiger partial charge in [0.2, 0.25) is 5.91 Å². The average molecular weight is 351 g/mol. The van der Waals surface area contributed by atoms with E-state index in [1.54, 1.807) is 18.2 Å². The highest BCUT2D eigenvalue weighted by molar-refractivity contribution is 6.39. The fraction of sp³-hybridized carbons (Fsp3) is 0.278. The van der Waals surface area contributed by atoms with Gasteiger partial charge in [-0.3, -0.25) is 4.79 Å². The number of amides is 1. The topological polar surface area (TPSA) is 32.3 Å². The lowest BCUT2D eigenvalue weighted by Crippen LogP contribution is -2.31. The van der Waals surface area contributed by atoms with Crippen molar-refractivity contribution in [3.63, 3.8) is 0 Å². The number of benzene rings is 2. The Kier molecular flexibility index (Phi) is 6.31. The van der Waals surface area contributed by atoms with Crippen LogP contribution in [-0.4, -0.2) is 23.9 Å². The number of para-hydroxylation sites is 2. The van der Waals surface area contributed by atoms with Gasteiger partial charge in [0.05, 0.1) is 22.2 Å². The summed E-state index contributed by atoms with van der Waals surface area (Å²) in [7, 11) is 0. The van der Waals surface area contributed by atoms with Crippen LogP contribution in [0.5, 0.6) is 0 Å². The molecular weight excluding hydrogens is 331 g/mol. The molecule has 0 aliphatic carbocycles. The van der Waals surface area contributed by atoms with Crippen molar-refractivity contribution < 1.29 is 4.79 Å². The van der Waals surface area contributed by atoms with Gasteiger partial charge in [-0.2, -0.15) is 0 Å². The summed E-state index contributed by atoms with van der Waals surface area (Å²) in [6.45, 7) is 5.38. The summed E-state index contributed by atoms with van der Waals surface area (Å²) in [5.41, 5.74) is 2.40. The van der Waals surface area contributed by atoms with Crippen LogP contribution >= 0.6 is 23.2 Å². The lowest BCUT2D eigenvalue weighted by Gasteiger charge is -2.20. The molecule has 2 aromatic carbocycles. The van der Waals surface area contributed by atoms with Crippen molar-refractivity contribution in [1.82, 2.24) is 4.90 Å². The molecule has 0 fully saturated rings. The zero-order valence-corrected chi connectivity index (χ0v) is 14.8. The number of nitrogens with zero attached hydrogens (tertiary/aromatic N) is 1. The Balaban J connectivity index is 2.26. The molecule has 0 unspecified atom stereocenters. The number of nitrogens with one attached hydrogen (secondary N) is 1. The highest BCUT2D eigenvalue weighted by Crippen LogP contribution is 2.33. The Hall–Kier alpha value is -1.71. The summed E-state index contributed by atoms with van der Waals surface area (Å²) < 4.78 is 0. The maximum Gasteiger partial charge on any atom is 0.227 e. The van der Waals surface area contributed by atoms with Crippen LogP contribution in [-0.2, 0) is 11.2 Å². The Labute approximate surface area is 147 Å². The molecule has 0 heterocycles. The molecule has 0 atom stereocenters. The summed E-state index contributed by atoms with van der Waals surface area (Å²) in [4.78, 5) is 14.2. The highest BCUT2D eigenvalue weighted by atomic mass is 35.5. The molecule has 5 heteroatoms. The standard InChI is InChI=1S/C18H20Cl2N2O/c1-3-22(4-2)17(23)12-13-8-5-6-11-16(13)21-18-14(19)9-7-10-15(18)20/h5-11,21H,3-4,12H2,1-2H3. The van der Waals surface area contributed by atoms with Crippen LogP contribution in [0.25, 0.3) is 0 Å². The largest absolute Gasteiger partial charge is 0.353 e. The second-order valence-electron chi connectivity index (χ2n) is 5.12. The van der Waals surface area contributed by atoms with E-state index in [-0.39, 0.29) is 5.91 Å². The molecule has 0 radical (unpaired) electrons. The summed E-state index contributed by atoms with van der Waals surface area (Å²) in [6, 6.07) is 13.0. The fourth-order valence-corrected chi connectivity index (χ4v) is 2.89. The first-order chi connectivity index (χ1) is 11.1. The van der Waals surface area contributed by atoms with Gasteiger partial charge >= 0.3 is 0 Å². The molecule has 0 aromatic heterocycles. The molecule has 1 amide bonds. The maximum atomic E-state index is 12.4. The SMILES string of the molecule is CCN(CC)C(=O)Cc1ccccc1Nc1c(Cl)cccc1Cl. The van der Waals surface area contributed by atoms with Crippen molar-refractivity contribution in [3.8, 4) is 0 Å². The van der Waals surface area contributed by atoms with Gasteiger partial charge in [-0.25, -0.2) is 0 Å². The van der Waals surface area contributed by atoms with Crippen LogP contribution < -0.4 is 5.32 Å². The number of rotatable bonds is 6. The smallest absolute Gasteiger partial charge is 0.227 e. The van der Waals surface area contributed by atoms with Crippen LogP contribution in [0.15, 0.2) is 42.5 Å². The van der Waals surface area contributed by atoms with Crippen molar-refractivity contribution in [2.45, 2.75) is 20.3 Å². The van der Waals surface area contributed by atoms with Gasteiger partial charge in [-0.05, 0) is 37.6 Å². The molecular formula is C18H20Cl2N2O. The van der Waals surface area contributed by atoms with Gasteiger partial charge in [0.25, 0.3) is 0 Å². The minimum absolute atomic E-state index is 0.106. The number of halogens is 2. The molecule has 23 heavy (non-hydrogen) atoms. The van der Waals surface area contributed by atoms with Crippen molar-refractivity contribution in [3.05, 3.63) is 58.1 Å². The average Bonchev–Trinajstić information content (AvgIpc) is 2.54. The lowest BCUT2D eigenvalue weighted by molar-refractivity contribution is -0.130. The van der Waals surface area contributed by atoms with Gasteiger partial charge in [-0.15, -0.1) is 0 Å². The molecule has 2 aromatic rings. The molecule has 3 nitrogen and oxygen atoms in total. The Morgan fingerprint density at radius 2 is 1.61 bits per heavy atom. The third-order valence-corrected chi connectivity index (χ3v) is 4.33. The molecule has 0 spiro atoms. The monoisotopic (exact) mass is 350 g/mol. The van der Waals surface area contributed by atoms with Gasteiger partial charge in [0, 0.05) is 18.8 Å². The number of hydrogen-bond donors (Lipinski definition) is 1. The summed E-state index contributed by atoms with van der Waals surface area (Å²) in [5.74, 6) is 0.106. The third-order valence-electron chi connectivity index (χ3n) is 3.70. The van der Waals surface area contributed by atoms with Gasteiger partial charge < -0.3 is 10.2 Å². The molecule has 122 valence electrons. The van der Waals surface area contributed by atoms with Gasteiger partial charge in [0.15, 0.2) is 0 Å². The quantitative estimate of drug-likeness (QED) is 0.781. The Morgan fingerprint density at radius 3 is 2.22 bits per heavy atom. The summed E-state index contributed by atoms with van der Waals surface area (Å²) in [5, 5.41) is 4.34. The van der Waals surface area contributed by atoms with Crippen LogP contribution in [0.1, 0.15) is 19.4 Å². The lowest BCUT2D eigenvalue weighted by atomic mass is 10.1. The van der Waals surface area contributed by atoms with E-state index < -0.39 is 0 Å². The first-order valence-electron chi connectivity index (χ1n) is 7.63. The van der Waals surface area contributed by atoms with E-state index in [1.165, 1.54) is 0 Å². The highest BCUT2D eigenvalue weighted by Gasteiger charge is 2.14. The first kappa shape index (κ1) is 17.6. The van der Waals surface area contributed by atoms with E-state index >= 15 is 0 Å². The van der Waals surface area contributed by atoms with E-state index in [0.717, 1.165) is 11.3 Å². The molecule has 1 N–H and O–H groups in total. The van der Waals surface area contributed by atoms with Crippen LogP contribution in [0.3, 0.4) is 0 Å². The zero-order chi connectivity index (χ0) is 16.8. The number of likely N-dealkylation sites (N-methyl/N-ethyl adjacent to an activating group) is 1. The molecule has 2 rings (SSSR count). The van der Waals surface area contributed by atoms with Crippen LogP contribution in [0.2, 0.25) is 10.0 Å². The minimum Gasteiger partial charge on any atom is -0.353 e. The summed E-state index contributed by atoms with van der Waals surface area (Å²) >= 11 is 12.4. The van der Waals surface area contributed by atoms with E-state index in [1.807, 2.05) is 43.0 Å². The van der Waals surface area contributed by atoms with Gasteiger partial charge in [0.1, 0.15) is 0 Å². The van der Waals surface area contributed by atoms with Gasteiger partial charge in [-0.1, -0.05) is 47.5 Å². The minimum atomic E-state index is 0.106. The van der Waals surface area contributed by atoms with E-state index in [2.05, 4.69) is 5.32 Å². The molecule has 0 aliphatic heterocycles. The molecule has 0 aliphatic rings. The van der Waals surface area contributed by atoms with Crippen molar-refractivity contribution in [2.24, 2.45) is 0 Å². The Bertz CT molecular complexity index is 664. The molecule has 0 saturated heterocycles. The number of carbonyl (C=O) groups is 1. The summed E-state index contributed by atoms with van der Waals surface area (Å²) in [6.07, 6.45) is 0.340.